The predicted molar refractivity (Wildman–Crippen MR) is 117 cm³/mol. The lowest BCUT2D eigenvalue weighted by Gasteiger charge is -2.13. The fraction of sp³-hybridized carbons (Fsp3) is 0.0476. The molecule has 1 amide bonds. The fourth-order valence-electron chi connectivity index (χ4n) is 3.09. The first kappa shape index (κ1) is 19.9. The van der Waals surface area contributed by atoms with Crippen molar-refractivity contribution in [3.8, 4) is 0 Å². The quantitative estimate of drug-likeness (QED) is 0.422. The van der Waals surface area contributed by atoms with E-state index in [1.165, 1.54) is 12.1 Å². The first-order valence-electron chi connectivity index (χ1n) is 8.96. The third-order valence-corrected chi connectivity index (χ3v) is 6.29. The molecule has 0 unspecified atom stereocenters. The smallest absolute Gasteiger partial charge is 0.262 e. The summed E-state index contributed by atoms with van der Waals surface area (Å²) < 4.78 is 28.3. The second-order valence-corrected chi connectivity index (χ2v) is 8.78. The number of benzene rings is 3. The van der Waals surface area contributed by atoms with Crippen LogP contribution in [-0.4, -0.2) is 24.5 Å². The molecule has 0 radical (unpaired) electrons. The zero-order valence-corrected chi connectivity index (χ0v) is 17.4. The lowest BCUT2D eigenvalue weighted by Crippen LogP contribution is -2.16. The largest absolute Gasteiger partial charge is 0.322 e. The molecular formula is C21H17ClN4O3S. The van der Waals surface area contributed by atoms with Gasteiger partial charge >= 0.3 is 0 Å². The van der Waals surface area contributed by atoms with Gasteiger partial charge in [0.15, 0.2) is 0 Å². The maximum absolute atomic E-state index is 12.9. The van der Waals surface area contributed by atoms with Gasteiger partial charge in [0.25, 0.3) is 15.9 Å². The summed E-state index contributed by atoms with van der Waals surface area (Å²) >= 11 is 5.94. The van der Waals surface area contributed by atoms with E-state index in [1.807, 2.05) is 6.07 Å². The van der Waals surface area contributed by atoms with Gasteiger partial charge in [0.05, 0.1) is 27.9 Å². The average Bonchev–Trinajstić information content (AvgIpc) is 3.17. The van der Waals surface area contributed by atoms with Crippen molar-refractivity contribution in [2.75, 3.05) is 10.0 Å². The molecule has 30 heavy (non-hydrogen) atoms. The Morgan fingerprint density at radius 1 is 1.03 bits per heavy atom. The molecule has 0 aliphatic heterocycles. The normalized spacial score (nSPS) is 11.4. The molecule has 3 aromatic carbocycles. The Kier molecular flexibility index (Phi) is 5.19. The molecule has 0 aliphatic carbocycles. The van der Waals surface area contributed by atoms with Crippen LogP contribution >= 0.6 is 11.6 Å². The van der Waals surface area contributed by atoms with Gasteiger partial charge in [0.2, 0.25) is 0 Å². The summed E-state index contributed by atoms with van der Waals surface area (Å²) in [4.78, 5) is 12.8. The van der Waals surface area contributed by atoms with Crippen molar-refractivity contribution in [1.29, 1.82) is 0 Å². The Morgan fingerprint density at radius 2 is 1.83 bits per heavy atom. The van der Waals surface area contributed by atoms with E-state index in [-0.39, 0.29) is 10.8 Å². The van der Waals surface area contributed by atoms with Crippen LogP contribution in [-0.2, 0) is 10.0 Å². The molecule has 9 heteroatoms. The zero-order valence-electron chi connectivity index (χ0n) is 15.8. The van der Waals surface area contributed by atoms with Gasteiger partial charge in [-0.25, -0.2) is 8.42 Å². The molecule has 0 atom stereocenters. The number of halogens is 1. The van der Waals surface area contributed by atoms with E-state index in [9.17, 15) is 13.2 Å². The van der Waals surface area contributed by atoms with Gasteiger partial charge in [0.1, 0.15) is 0 Å². The van der Waals surface area contributed by atoms with Crippen LogP contribution in [0.25, 0.3) is 10.9 Å². The molecule has 0 saturated heterocycles. The van der Waals surface area contributed by atoms with Gasteiger partial charge < -0.3 is 5.32 Å². The van der Waals surface area contributed by atoms with Gasteiger partial charge in [-0.05, 0) is 48.9 Å². The van der Waals surface area contributed by atoms with Crippen molar-refractivity contribution < 1.29 is 13.2 Å². The van der Waals surface area contributed by atoms with Crippen LogP contribution in [0.1, 0.15) is 15.9 Å². The number of aromatic amines is 1. The lowest BCUT2D eigenvalue weighted by atomic mass is 10.1. The van der Waals surface area contributed by atoms with Crippen molar-refractivity contribution >= 4 is 49.8 Å². The minimum absolute atomic E-state index is 0.0556. The molecule has 0 aliphatic rings. The monoisotopic (exact) mass is 440 g/mol. The SMILES string of the molecule is Cc1ccc(NC(=O)c2cccc3cn[nH]c23)cc1S(=O)(=O)Nc1cccc(Cl)c1. The first-order valence-corrected chi connectivity index (χ1v) is 10.8. The summed E-state index contributed by atoms with van der Waals surface area (Å²) in [5.74, 6) is -0.375. The third kappa shape index (κ3) is 4.00. The number of hydrogen-bond donors (Lipinski definition) is 3. The minimum Gasteiger partial charge on any atom is -0.322 e. The number of aromatic nitrogens is 2. The highest BCUT2D eigenvalue weighted by Gasteiger charge is 2.19. The highest BCUT2D eigenvalue weighted by molar-refractivity contribution is 7.92. The lowest BCUT2D eigenvalue weighted by molar-refractivity contribution is 0.102. The summed E-state index contributed by atoms with van der Waals surface area (Å²) in [6, 6.07) is 16.4. The van der Waals surface area contributed by atoms with E-state index in [1.54, 1.807) is 55.6 Å². The van der Waals surface area contributed by atoms with Crippen molar-refractivity contribution in [1.82, 2.24) is 10.2 Å². The van der Waals surface area contributed by atoms with Crippen LogP contribution in [0.4, 0.5) is 11.4 Å². The number of hydrogen-bond acceptors (Lipinski definition) is 4. The Morgan fingerprint density at radius 3 is 2.63 bits per heavy atom. The standard InChI is InChI=1S/C21H17ClN4O3S/c1-13-8-9-16(24-21(27)18-7-2-4-14-12-23-25-20(14)18)11-19(13)30(28,29)26-17-6-3-5-15(22)10-17/h2-12,26H,1H3,(H,23,25)(H,24,27). The summed E-state index contributed by atoms with van der Waals surface area (Å²) in [5, 5.41) is 10.7. The summed E-state index contributed by atoms with van der Waals surface area (Å²) in [7, 11) is -3.89. The van der Waals surface area contributed by atoms with Gasteiger partial charge in [-0.15, -0.1) is 0 Å². The molecule has 0 bridgehead atoms. The summed E-state index contributed by atoms with van der Waals surface area (Å²) in [6.07, 6.45) is 1.63. The van der Waals surface area contributed by atoms with E-state index in [4.69, 9.17) is 11.6 Å². The van der Waals surface area contributed by atoms with Crippen LogP contribution in [0.3, 0.4) is 0 Å². The number of para-hydroxylation sites is 1. The van der Waals surface area contributed by atoms with E-state index >= 15 is 0 Å². The molecule has 0 spiro atoms. The third-order valence-electron chi connectivity index (χ3n) is 4.53. The van der Waals surface area contributed by atoms with Crippen LogP contribution < -0.4 is 10.0 Å². The van der Waals surface area contributed by atoms with Crippen LogP contribution in [0.5, 0.6) is 0 Å². The molecule has 4 aromatic rings. The molecule has 4 rings (SSSR count). The highest BCUT2D eigenvalue weighted by Crippen LogP contribution is 2.25. The maximum atomic E-state index is 12.9. The number of sulfonamides is 1. The summed E-state index contributed by atoms with van der Waals surface area (Å²) in [6.45, 7) is 1.68. The molecule has 0 saturated carbocycles. The number of amides is 1. The van der Waals surface area contributed by atoms with Crippen molar-refractivity contribution in [2.45, 2.75) is 11.8 Å². The zero-order chi connectivity index (χ0) is 21.3. The highest BCUT2D eigenvalue weighted by atomic mass is 35.5. The Labute approximate surface area is 178 Å². The fourth-order valence-corrected chi connectivity index (χ4v) is 4.60. The molecule has 0 fully saturated rings. The maximum Gasteiger partial charge on any atom is 0.262 e. The predicted octanol–water partition coefficient (Wildman–Crippen LogP) is 4.58. The molecule has 152 valence electrons. The number of rotatable bonds is 5. The number of anilines is 2. The van der Waals surface area contributed by atoms with Crippen LogP contribution in [0, 0.1) is 6.92 Å². The molecule has 7 nitrogen and oxygen atoms in total. The van der Waals surface area contributed by atoms with Gasteiger partial charge in [0, 0.05) is 16.1 Å². The van der Waals surface area contributed by atoms with Gasteiger partial charge in [-0.1, -0.05) is 35.9 Å². The van der Waals surface area contributed by atoms with Gasteiger partial charge in [-0.2, -0.15) is 5.10 Å². The Hall–Kier alpha value is -3.36. The average molecular weight is 441 g/mol. The number of nitrogens with one attached hydrogen (secondary N) is 3. The van der Waals surface area contributed by atoms with E-state index in [2.05, 4.69) is 20.2 Å². The van der Waals surface area contributed by atoms with Crippen molar-refractivity contribution in [2.24, 2.45) is 0 Å². The molecule has 3 N–H and O–H groups in total. The first-order chi connectivity index (χ1) is 14.3. The minimum atomic E-state index is -3.89. The number of aryl methyl sites for hydroxylation is 1. The van der Waals surface area contributed by atoms with E-state index in [0.29, 0.717) is 33.0 Å². The second-order valence-electron chi connectivity index (χ2n) is 6.69. The van der Waals surface area contributed by atoms with Crippen LogP contribution in [0.15, 0.2) is 71.8 Å². The number of carbonyl (C=O) groups is 1. The topological polar surface area (TPSA) is 104 Å². The van der Waals surface area contributed by atoms with Crippen molar-refractivity contribution in [3.63, 3.8) is 0 Å². The number of fused-ring (bicyclic) bond motifs is 1. The van der Waals surface area contributed by atoms with Crippen molar-refractivity contribution in [3.05, 3.63) is 83.0 Å². The molecular weight excluding hydrogens is 424 g/mol. The number of H-pyrrole nitrogens is 1. The Bertz CT molecular complexity index is 1370. The molecule has 1 heterocycles. The van der Waals surface area contributed by atoms with Crippen LogP contribution in [0.2, 0.25) is 5.02 Å². The molecule has 1 aromatic heterocycles. The van der Waals surface area contributed by atoms with E-state index in [0.717, 1.165) is 5.39 Å². The van der Waals surface area contributed by atoms with E-state index < -0.39 is 10.0 Å². The number of nitrogens with zero attached hydrogens (tertiary/aromatic N) is 1. The second kappa shape index (κ2) is 7.81. The summed E-state index contributed by atoms with van der Waals surface area (Å²) in [5.41, 5.74) is 2.26. The number of carbonyl (C=O) groups excluding carboxylic acids is 1. The Balaban J connectivity index is 1.63. The van der Waals surface area contributed by atoms with Gasteiger partial charge in [-0.3, -0.25) is 14.6 Å².